The number of nitrogens with one attached hydrogen (secondary N) is 1. The number of rotatable bonds is 2. The van der Waals surface area contributed by atoms with Crippen molar-refractivity contribution >= 4 is 5.91 Å². The van der Waals surface area contributed by atoms with Crippen molar-refractivity contribution in [1.82, 2.24) is 5.32 Å². The number of carbonyl (C=O) groups excluding carboxylic acids is 1. The van der Waals surface area contributed by atoms with Gasteiger partial charge in [-0.1, -0.05) is 12.8 Å². The molecule has 2 fully saturated rings. The average Bonchev–Trinajstić information content (AvgIpc) is 2.71. The van der Waals surface area contributed by atoms with E-state index in [1.165, 1.54) is 25.7 Å². The molecule has 0 aromatic heterocycles. The lowest BCUT2D eigenvalue weighted by molar-refractivity contribution is -0.123. The molecule has 3 N–H and O–H groups in total. The monoisotopic (exact) mass is 196 g/mol. The van der Waals surface area contributed by atoms with Crippen molar-refractivity contribution in [3.8, 4) is 0 Å². The summed E-state index contributed by atoms with van der Waals surface area (Å²) in [7, 11) is 0. The van der Waals surface area contributed by atoms with Gasteiger partial charge in [-0.2, -0.15) is 0 Å². The van der Waals surface area contributed by atoms with Crippen molar-refractivity contribution in [3.63, 3.8) is 0 Å². The number of primary amides is 1. The number of hydrogen-bond donors (Lipinski definition) is 2. The van der Waals surface area contributed by atoms with Crippen molar-refractivity contribution in [2.45, 2.75) is 44.6 Å². The summed E-state index contributed by atoms with van der Waals surface area (Å²) < 4.78 is 0. The summed E-state index contributed by atoms with van der Waals surface area (Å²) in [5, 5.41) is 3.54. The minimum Gasteiger partial charge on any atom is -0.369 e. The smallest absolute Gasteiger partial charge is 0.220 e. The van der Waals surface area contributed by atoms with Gasteiger partial charge in [0.1, 0.15) is 0 Å². The molecule has 3 heteroatoms. The van der Waals surface area contributed by atoms with E-state index in [4.69, 9.17) is 5.73 Å². The third kappa shape index (κ3) is 2.08. The van der Waals surface area contributed by atoms with Gasteiger partial charge in [0, 0.05) is 12.0 Å². The zero-order chi connectivity index (χ0) is 9.97. The number of amides is 1. The van der Waals surface area contributed by atoms with Crippen LogP contribution < -0.4 is 11.1 Å². The van der Waals surface area contributed by atoms with Crippen molar-refractivity contribution in [1.29, 1.82) is 0 Å². The summed E-state index contributed by atoms with van der Waals surface area (Å²) in [6.07, 6.45) is 7.30. The average molecular weight is 196 g/mol. The molecule has 1 saturated carbocycles. The lowest BCUT2D eigenvalue weighted by atomic mass is 9.84. The van der Waals surface area contributed by atoms with Gasteiger partial charge in [-0.15, -0.1) is 0 Å². The van der Waals surface area contributed by atoms with E-state index in [-0.39, 0.29) is 11.8 Å². The predicted molar refractivity (Wildman–Crippen MR) is 55.7 cm³/mol. The Hall–Kier alpha value is -0.570. The van der Waals surface area contributed by atoms with Crippen molar-refractivity contribution in [2.75, 3.05) is 6.54 Å². The third-order valence-corrected chi connectivity index (χ3v) is 3.81. The fraction of sp³-hybridized carbons (Fsp3) is 0.909. The normalized spacial score (nSPS) is 34.6. The van der Waals surface area contributed by atoms with Crippen LogP contribution in [0, 0.1) is 11.8 Å². The van der Waals surface area contributed by atoms with Crippen LogP contribution in [-0.4, -0.2) is 18.5 Å². The third-order valence-electron chi connectivity index (χ3n) is 3.81. The highest BCUT2D eigenvalue weighted by molar-refractivity contribution is 5.76. The molecule has 0 radical (unpaired) electrons. The Balaban J connectivity index is 1.89. The highest BCUT2D eigenvalue weighted by atomic mass is 16.1. The molecular weight excluding hydrogens is 176 g/mol. The van der Waals surface area contributed by atoms with Gasteiger partial charge in [-0.05, 0) is 38.1 Å². The van der Waals surface area contributed by atoms with Gasteiger partial charge < -0.3 is 11.1 Å². The first-order valence-corrected chi connectivity index (χ1v) is 5.80. The molecule has 0 bridgehead atoms. The maximum Gasteiger partial charge on any atom is 0.220 e. The zero-order valence-corrected chi connectivity index (χ0v) is 8.67. The minimum absolute atomic E-state index is 0.102. The largest absolute Gasteiger partial charge is 0.369 e. The Labute approximate surface area is 85.4 Å². The van der Waals surface area contributed by atoms with E-state index in [1.807, 2.05) is 0 Å². The molecule has 1 heterocycles. The van der Waals surface area contributed by atoms with Crippen LogP contribution in [0.5, 0.6) is 0 Å². The summed E-state index contributed by atoms with van der Waals surface area (Å²) in [4.78, 5) is 11.1. The van der Waals surface area contributed by atoms with E-state index in [1.54, 1.807) is 0 Å². The molecule has 1 aliphatic carbocycles. The summed E-state index contributed by atoms with van der Waals surface area (Å²) >= 11 is 0. The van der Waals surface area contributed by atoms with Gasteiger partial charge in [0.15, 0.2) is 0 Å². The van der Waals surface area contributed by atoms with Gasteiger partial charge in [0.05, 0.1) is 0 Å². The van der Waals surface area contributed by atoms with Crippen LogP contribution in [0.1, 0.15) is 38.5 Å². The predicted octanol–water partition coefficient (Wildman–Crippen LogP) is 1.03. The molecule has 2 unspecified atom stereocenters. The number of carbonyl (C=O) groups is 1. The molecule has 2 atom stereocenters. The molecule has 0 spiro atoms. The highest BCUT2D eigenvalue weighted by Crippen LogP contribution is 2.32. The van der Waals surface area contributed by atoms with Crippen LogP contribution in [-0.2, 0) is 4.79 Å². The maximum absolute atomic E-state index is 11.1. The van der Waals surface area contributed by atoms with Gasteiger partial charge in [-0.25, -0.2) is 0 Å². The summed E-state index contributed by atoms with van der Waals surface area (Å²) in [5.41, 5.74) is 5.36. The second-order valence-electron chi connectivity index (χ2n) is 4.73. The molecule has 0 aromatic rings. The summed E-state index contributed by atoms with van der Waals surface area (Å²) in [6, 6.07) is 0.559. The SMILES string of the molecule is NC(=O)C1CCNC(C2CCCC2)C1. The van der Waals surface area contributed by atoms with Gasteiger partial charge in [-0.3, -0.25) is 4.79 Å². The number of piperidine rings is 1. The van der Waals surface area contributed by atoms with Crippen molar-refractivity contribution in [2.24, 2.45) is 17.6 Å². The number of nitrogens with two attached hydrogens (primary N) is 1. The fourth-order valence-electron chi connectivity index (χ4n) is 2.93. The van der Waals surface area contributed by atoms with Gasteiger partial charge in [0.25, 0.3) is 0 Å². The summed E-state index contributed by atoms with van der Waals surface area (Å²) in [6.45, 7) is 0.967. The first kappa shape index (κ1) is 9.97. The molecule has 1 aliphatic heterocycles. The second-order valence-corrected chi connectivity index (χ2v) is 4.73. The molecule has 3 nitrogen and oxygen atoms in total. The van der Waals surface area contributed by atoms with Crippen LogP contribution in [0.15, 0.2) is 0 Å². The van der Waals surface area contributed by atoms with Gasteiger partial charge >= 0.3 is 0 Å². The molecule has 80 valence electrons. The standard InChI is InChI=1S/C11H20N2O/c12-11(14)9-5-6-13-10(7-9)8-3-1-2-4-8/h8-10,13H,1-7H2,(H2,12,14). The lowest BCUT2D eigenvalue weighted by Gasteiger charge is -2.32. The Morgan fingerprint density at radius 2 is 1.93 bits per heavy atom. The Bertz CT molecular complexity index is 211. The van der Waals surface area contributed by atoms with Crippen molar-refractivity contribution in [3.05, 3.63) is 0 Å². The first-order chi connectivity index (χ1) is 6.77. The molecule has 2 rings (SSSR count). The topological polar surface area (TPSA) is 55.1 Å². The minimum atomic E-state index is -0.102. The van der Waals surface area contributed by atoms with Crippen LogP contribution in [0.4, 0.5) is 0 Å². The molecule has 0 aromatic carbocycles. The lowest BCUT2D eigenvalue weighted by Crippen LogP contribution is -2.45. The van der Waals surface area contributed by atoms with Crippen LogP contribution in [0.3, 0.4) is 0 Å². The second kappa shape index (κ2) is 4.30. The quantitative estimate of drug-likeness (QED) is 0.693. The van der Waals surface area contributed by atoms with E-state index >= 15 is 0 Å². The fourth-order valence-corrected chi connectivity index (χ4v) is 2.93. The summed E-state index contributed by atoms with van der Waals surface area (Å²) in [5.74, 6) is 0.827. The molecular formula is C11H20N2O. The van der Waals surface area contributed by atoms with Crippen LogP contribution in [0.25, 0.3) is 0 Å². The van der Waals surface area contributed by atoms with E-state index in [2.05, 4.69) is 5.32 Å². The molecule has 2 aliphatic rings. The van der Waals surface area contributed by atoms with E-state index in [9.17, 15) is 4.79 Å². The first-order valence-electron chi connectivity index (χ1n) is 5.80. The molecule has 1 saturated heterocycles. The Morgan fingerprint density at radius 3 is 2.57 bits per heavy atom. The number of hydrogen-bond acceptors (Lipinski definition) is 2. The van der Waals surface area contributed by atoms with Crippen molar-refractivity contribution < 1.29 is 4.79 Å². The van der Waals surface area contributed by atoms with E-state index < -0.39 is 0 Å². The van der Waals surface area contributed by atoms with E-state index in [0.717, 1.165) is 25.3 Å². The Morgan fingerprint density at radius 1 is 1.21 bits per heavy atom. The Kier molecular flexibility index (Phi) is 3.06. The molecule has 14 heavy (non-hydrogen) atoms. The van der Waals surface area contributed by atoms with E-state index in [0.29, 0.717) is 6.04 Å². The highest BCUT2D eigenvalue weighted by Gasteiger charge is 2.31. The zero-order valence-electron chi connectivity index (χ0n) is 8.67. The molecule has 1 amide bonds. The van der Waals surface area contributed by atoms with Crippen LogP contribution in [0.2, 0.25) is 0 Å². The van der Waals surface area contributed by atoms with Crippen LogP contribution >= 0.6 is 0 Å². The van der Waals surface area contributed by atoms with Gasteiger partial charge in [0.2, 0.25) is 5.91 Å². The maximum atomic E-state index is 11.1.